The van der Waals surface area contributed by atoms with Gasteiger partial charge >= 0.3 is 0 Å². The van der Waals surface area contributed by atoms with Gasteiger partial charge in [0.15, 0.2) is 0 Å². The highest BCUT2D eigenvalue weighted by molar-refractivity contribution is 6.89. The molecule has 0 spiro atoms. The van der Waals surface area contributed by atoms with Crippen LogP contribution in [0.1, 0.15) is 19.8 Å². The van der Waals surface area contributed by atoms with Crippen molar-refractivity contribution in [2.75, 3.05) is 0 Å². The molecular formula is C19H21B. The third kappa shape index (κ3) is 3.99. The van der Waals surface area contributed by atoms with Crippen molar-refractivity contribution in [2.45, 2.75) is 19.8 Å². The molecule has 0 fully saturated rings. The Morgan fingerprint density at radius 3 is 1.90 bits per heavy atom. The highest BCUT2D eigenvalue weighted by atomic mass is 13.9. The van der Waals surface area contributed by atoms with E-state index in [1.807, 2.05) is 0 Å². The van der Waals surface area contributed by atoms with Gasteiger partial charge in [0.1, 0.15) is 0 Å². The van der Waals surface area contributed by atoms with Crippen molar-refractivity contribution in [3.05, 3.63) is 84.9 Å². The molecule has 0 atom stereocenters. The van der Waals surface area contributed by atoms with E-state index >= 15 is 0 Å². The maximum absolute atomic E-state index is 4.06. The highest BCUT2D eigenvalue weighted by Gasteiger charge is 2.14. The zero-order chi connectivity index (χ0) is 14.2. The molecule has 2 rings (SSSR count). The Morgan fingerprint density at radius 2 is 1.45 bits per heavy atom. The molecule has 0 aromatic heterocycles. The molecule has 0 unspecified atom stereocenters. The molecule has 0 aliphatic heterocycles. The minimum atomic E-state index is 0.321. The summed E-state index contributed by atoms with van der Waals surface area (Å²) in [6.45, 7) is 6.54. The monoisotopic (exact) mass is 260 g/mol. The molecule has 0 amide bonds. The first-order chi connectivity index (χ1) is 9.81. The van der Waals surface area contributed by atoms with Crippen molar-refractivity contribution in [3.63, 3.8) is 0 Å². The largest absolute Gasteiger partial charge is 0.233 e. The average Bonchev–Trinajstić information content (AvgIpc) is 2.53. The fraction of sp³-hybridized carbons (Fsp3) is 0.158. The van der Waals surface area contributed by atoms with Crippen molar-refractivity contribution in [1.82, 2.24) is 0 Å². The normalized spacial score (nSPS) is 10.7. The molecule has 0 aliphatic carbocycles. The second-order valence-corrected chi connectivity index (χ2v) is 5.03. The Labute approximate surface area is 122 Å². The van der Waals surface area contributed by atoms with Gasteiger partial charge in [0.25, 0.3) is 0 Å². The zero-order valence-electron chi connectivity index (χ0n) is 12.1. The second-order valence-electron chi connectivity index (χ2n) is 5.03. The molecule has 0 saturated heterocycles. The van der Waals surface area contributed by atoms with Crippen molar-refractivity contribution in [1.29, 1.82) is 0 Å². The van der Waals surface area contributed by atoms with Crippen LogP contribution in [0.4, 0.5) is 0 Å². The zero-order valence-corrected chi connectivity index (χ0v) is 12.1. The van der Waals surface area contributed by atoms with Crippen LogP contribution in [0.25, 0.3) is 0 Å². The Bertz CT molecular complexity index is 515. The third-order valence-electron chi connectivity index (χ3n) is 3.55. The lowest BCUT2D eigenvalue weighted by molar-refractivity contribution is 1.04. The molecule has 1 heteroatoms. The van der Waals surface area contributed by atoms with Gasteiger partial charge in [-0.1, -0.05) is 96.7 Å². The van der Waals surface area contributed by atoms with Gasteiger partial charge in [0, 0.05) is 0 Å². The van der Waals surface area contributed by atoms with E-state index in [9.17, 15) is 0 Å². The summed E-state index contributed by atoms with van der Waals surface area (Å²) in [7, 11) is 0. The molecule has 0 heterocycles. The summed E-state index contributed by atoms with van der Waals surface area (Å²) in [6.07, 6.45) is 4.26. The van der Waals surface area contributed by atoms with E-state index in [1.165, 1.54) is 16.5 Å². The molecule has 0 aliphatic rings. The Hall–Kier alpha value is -2.02. The van der Waals surface area contributed by atoms with Gasteiger partial charge in [-0.25, -0.2) is 0 Å². The molecule has 2 aromatic carbocycles. The van der Waals surface area contributed by atoms with Gasteiger partial charge in [-0.15, -0.1) is 5.98 Å². The molecular weight excluding hydrogens is 239 g/mol. The van der Waals surface area contributed by atoms with E-state index in [-0.39, 0.29) is 0 Å². The van der Waals surface area contributed by atoms with Crippen LogP contribution in [0, 0.1) is 0 Å². The van der Waals surface area contributed by atoms with Gasteiger partial charge in [0.05, 0.1) is 0 Å². The Kier molecular flexibility index (Phi) is 5.43. The van der Waals surface area contributed by atoms with Crippen LogP contribution >= 0.6 is 0 Å². The second kappa shape index (κ2) is 7.54. The fourth-order valence-corrected chi connectivity index (χ4v) is 2.25. The Balaban J connectivity index is 2.24. The maximum Gasteiger partial charge on any atom is 0.233 e. The molecule has 0 radical (unpaired) electrons. The quantitative estimate of drug-likeness (QED) is 0.548. The van der Waals surface area contributed by atoms with Crippen LogP contribution in [-0.4, -0.2) is 6.71 Å². The van der Waals surface area contributed by atoms with Crippen LogP contribution in [0.5, 0.6) is 0 Å². The lowest BCUT2D eigenvalue weighted by Gasteiger charge is -2.10. The summed E-state index contributed by atoms with van der Waals surface area (Å²) in [5.74, 6) is 2.30. The van der Waals surface area contributed by atoms with Crippen molar-refractivity contribution in [3.8, 4) is 0 Å². The number of rotatable bonds is 6. The van der Waals surface area contributed by atoms with Gasteiger partial charge in [-0.2, -0.15) is 0 Å². The number of hydrogen-bond donors (Lipinski definition) is 0. The molecule has 100 valence electrons. The summed E-state index contributed by atoms with van der Waals surface area (Å²) in [6, 6.07) is 21.3. The Morgan fingerprint density at radius 1 is 0.950 bits per heavy atom. The fourth-order valence-electron chi connectivity index (χ4n) is 2.25. The number of allylic oxidation sites excluding steroid dienone is 2. The first-order valence-corrected chi connectivity index (χ1v) is 7.24. The minimum Gasteiger partial charge on any atom is -0.109 e. The molecule has 0 saturated carbocycles. The topological polar surface area (TPSA) is 0 Å². The SMILES string of the molecule is C=C(CC)C/C=C/B(c1ccccc1)c1ccccc1. The standard InChI is InChI=1S/C19H21B/c1-3-17(2)11-10-16-20(18-12-6-4-7-13-18)19-14-8-5-9-15-19/h4-10,12-16H,2-3,11H2,1H3/b16-10+. The molecule has 0 nitrogen and oxygen atoms in total. The molecule has 0 N–H and O–H groups in total. The van der Waals surface area contributed by atoms with E-state index in [0.29, 0.717) is 6.71 Å². The summed E-state index contributed by atoms with van der Waals surface area (Å²) < 4.78 is 0. The van der Waals surface area contributed by atoms with Crippen LogP contribution in [0.3, 0.4) is 0 Å². The lowest BCUT2D eigenvalue weighted by atomic mass is 9.40. The summed E-state index contributed by atoms with van der Waals surface area (Å²) in [5, 5.41) is 0. The van der Waals surface area contributed by atoms with Crippen LogP contribution in [-0.2, 0) is 0 Å². The number of hydrogen-bond acceptors (Lipinski definition) is 0. The van der Waals surface area contributed by atoms with E-state index in [4.69, 9.17) is 0 Å². The van der Waals surface area contributed by atoms with Gasteiger partial charge < -0.3 is 0 Å². The summed E-state index contributed by atoms with van der Waals surface area (Å²) in [4.78, 5) is 0. The highest BCUT2D eigenvalue weighted by Crippen LogP contribution is 2.04. The molecule has 2 aromatic rings. The minimum absolute atomic E-state index is 0.321. The van der Waals surface area contributed by atoms with Gasteiger partial charge in [-0.3, -0.25) is 0 Å². The predicted octanol–water partition coefficient (Wildman–Crippen LogP) is 3.75. The van der Waals surface area contributed by atoms with E-state index in [1.54, 1.807) is 0 Å². The smallest absolute Gasteiger partial charge is 0.109 e. The van der Waals surface area contributed by atoms with Crippen molar-refractivity contribution < 1.29 is 0 Å². The third-order valence-corrected chi connectivity index (χ3v) is 3.55. The summed E-state index contributed by atoms with van der Waals surface area (Å²) >= 11 is 0. The average molecular weight is 260 g/mol. The summed E-state index contributed by atoms with van der Waals surface area (Å²) in [5.41, 5.74) is 3.94. The van der Waals surface area contributed by atoms with Crippen molar-refractivity contribution in [2.24, 2.45) is 0 Å². The van der Waals surface area contributed by atoms with Crippen LogP contribution in [0.15, 0.2) is 84.9 Å². The first-order valence-electron chi connectivity index (χ1n) is 7.24. The van der Waals surface area contributed by atoms with Gasteiger partial charge in [0.2, 0.25) is 6.71 Å². The molecule has 0 bridgehead atoms. The van der Waals surface area contributed by atoms with Crippen LogP contribution in [0.2, 0.25) is 0 Å². The van der Waals surface area contributed by atoms with Crippen molar-refractivity contribution >= 4 is 17.6 Å². The van der Waals surface area contributed by atoms with Crippen LogP contribution < -0.4 is 10.9 Å². The maximum atomic E-state index is 4.06. The van der Waals surface area contributed by atoms with E-state index in [0.717, 1.165) is 12.8 Å². The number of benzene rings is 2. The van der Waals surface area contributed by atoms with E-state index < -0.39 is 0 Å². The predicted molar refractivity (Wildman–Crippen MR) is 91.1 cm³/mol. The van der Waals surface area contributed by atoms with Gasteiger partial charge in [-0.05, 0) is 12.8 Å². The first kappa shape index (κ1) is 14.4. The molecule has 20 heavy (non-hydrogen) atoms. The van der Waals surface area contributed by atoms with E-state index in [2.05, 4.69) is 86.2 Å². The lowest BCUT2D eigenvalue weighted by Crippen LogP contribution is -2.40.